The molecule has 1 fully saturated rings. The first-order valence-corrected chi connectivity index (χ1v) is 9.34. The maximum absolute atomic E-state index is 13.4. The SMILES string of the molecule is CN=C(NCC(C)c1ccc(F)c(F)c1)N1CCC(Cc2cnn(C)c2)C1.I. The Morgan fingerprint density at radius 1 is 1.36 bits per heavy atom. The molecule has 0 amide bonds. The molecule has 1 saturated heterocycles. The molecule has 0 radical (unpaired) electrons. The summed E-state index contributed by atoms with van der Waals surface area (Å²) in [6.07, 6.45) is 6.14. The van der Waals surface area contributed by atoms with Crippen LogP contribution in [0.15, 0.2) is 35.6 Å². The van der Waals surface area contributed by atoms with Crippen LogP contribution >= 0.6 is 24.0 Å². The molecule has 1 aromatic carbocycles. The Labute approximate surface area is 182 Å². The number of rotatable bonds is 5. The van der Waals surface area contributed by atoms with Gasteiger partial charge in [-0.2, -0.15) is 5.10 Å². The molecule has 1 aliphatic heterocycles. The molecular weight excluding hydrogens is 475 g/mol. The fourth-order valence-corrected chi connectivity index (χ4v) is 3.62. The van der Waals surface area contributed by atoms with Crippen molar-refractivity contribution in [1.29, 1.82) is 0 Å². The summed E-state index contributed by atoms with van der Waals surface area (Å²) in [6.45, 7) is 4.52. The number of nitrogens with one attached hydrogen (secondary N) is 1. The van der Waals surface area contributed by atoms with Crippen LogP contribution in [0.25, 0.3) is 0 Å². The summed E-state index contributed by atoms with van der Waals surface area (Å²) in [6, 6.07) is 4.08. The van der Waals surface area contributed by atoms with Crippen LogP contribution in [0.5, 0.6) is 0 Å². The summed E-state index contributed by atoms with van der Waals surface area (Å²) in [5.41, 5.74) is 2.03. The van der Waals surface area contributed by atoms with Gasteiger partial charge in [-0.05, 0) is 47.9 Å². The van der Waals surface area contributed by atoms with Crippen molar-refractivity contribution in [3.05, 3.63) is 53.4 Å². The maximum atomic E-state index is 13.4. The van der Waals surface area contributed by atoms with Crippen molar-refractivity contribution in [2.45, 2.75) is 25.7 Å². The Morgan fingerprint density at radius 3 is 2.79 bits per heavy atom. The van der Waals surface area contributed by atoms with Crippen LogP contribution in [-0.2, 0) is 13.5 Å². The number of aliphatic imine (C=N–C) groups is 1. The monoisotopic (exact) mass is 503 g/mol. The van der Waals surface area contributed by atoms with Crippen LogP contribution in [0, 0.1) is 17.6 Å². The van der Waals surface area contributed by atoms with Gasteiger partial charge in [0.05, 0.1) is 6.20 Å². The lowest BCUT2D eigenvalue weighted by Gasteiger charge is -2.23. The first kappa shape index (κ1) is 22.6. The van der Waals surface area contributed by atoms with Gasteiger partial charge in [-0.15, -0.1) is 24.0 Å². The minimum Gasteiger partial charge on any atom is -0.356 e. The lowest BCUT2D eigenvalue weighted by molar-refractivity contribution is 0.457. The van der Waals surface area contributed by atoms with Gasteiger partial charge in [-0.25, -0.2) is 8.78 Å². The maximum Gasteiger partial charge on any atom is 0.193 e. The van der Waals surface area contributed by atoms with E-state index in [0.717, 1.165) is 37.5 Å². The van der Waals surface area contributed by atoms with Crippen LogP contribution in [0.3, 0.4) is 0 Å². The molecule has 28 heavy (non-hydrogen) atoms. The van der Waals surface area contributed by atoms with Crippen molar-refractivity contribution < 1.29 is 8.78 Å². The first-order chi connectivity index (χ1) is 13.0. The van der Waals surface area contributed by atoms with Crippen molar-refractivity contribution in [1.82, 2.24) is 20.0 Å². The van der Waals surface area contributed by atoms with E-state index in [1.165, 1.54) is 17.7 Å². The molecular formula is C20H28F2IN5. The smallest absolute Gasteiger partial charge is 0.193 e. The van der Waals surface area contributed by atoms with Crippen LogP contribution < -0.4 is 5.32 Å². The molecule has 1 aliphatic rings. The highest BCUT2D eigenvalue weighted by Crippen LogP contribution is 2.21. The largest absolute Gasteiger partial charge is 0.356 e. The van der Waals surface area contributed by atoms with Gasteiger partial charge in [0, 0.05) is 39.9 Å². The third kappa shape index (κ3) is 5.65. The number of aryl methyl sites for hydroxylation is 1. The highest BCUT2D eigenvalue weighted by Gasteiger charge is 2.25. The van der Waals surface area contributed by atoms with E-state index in [1.807, 2.05) is 24.9 Å². The predicted molar refractivity (Wildman–Crippen MR) is 118 cm³/mol. The van der Waals surface area contributed by atoms with E-state index in [1.54, 1.807) is 13.1 Å². The van der Waals surface area contributed by atoms with E-state index in [4.69, 9.17) is 0 Å². The minimum absolute atomic E-state index is 0. The fraction of sp³-hybridized carbons (Fsp3) is 0.500. The topological polar surface area (TPSA) is 45.5 Å². The average Bonchev–Trinajstić information content (AvgIpc) is 3.27. The van der Waals surface area contributed by atoms with Gasteiger partial charge in [0.2, 0.25) is 0 Å². The second-order valence-corrected chi connectivity index (χ2v) is 7.33. The number of guanidine groups is 1. The average molecular weight is 503 g/mol. The Bertz CT molecular complexity index is 808. The van der Waals surface area contributed by atoms with Gasteiger partial charge in [-0.1, -0.05) is 13.0 Å². The zero-order valence-corrected chi connectivity index (χ0v) is 18.9. The van der Waals surface area contributed by atoms with E-state index in [2.05, 4.69) is 26.5 Å². The van der Waals surface area contributed by atoms with Crippen molar-refractivity contribution in [3.8, 4) is 0 Å². The van der Waals surface area contributed by atoms with Crippen LogP contribution in [-0.4, -0.2) is 47.3 Å². The molecule has 5 nitrogen and oxygen atoms in total. The zero-order valence-electron chi connectivity index (χ0n) is 16.5. The summed E-state index contributed by atoms with van der Waals surface area (Å²) < 4.78 is 28.4. The number of benzene rings is 1. The summed E-state index contributed by atoms with van der Waals surface area (Å²) in [7, 11) is 3.71. The van der Waals surface area contributed by atoms with Crippen LogP contribution in [0.1, 0.15) is 30.4 Å². The number of hydrogen-bond acceptors (Lipinski definition) is 2. The lowest BCUT2D eigenvalue weighted by Crippen LogP contribution is -2.41. The van der Waals surface area contributed by atoms with E-state index < -0.39 is 11.6 Å². The molecule has 2 aromatic rings. The zero-order chi connectivity index (χ0) is 19.4. The van der Waals surface area contributed by atoms with Crippen LogP contribution in [0.2, 0.25) is 0 Å². The minimum atomic E-state index is -0.813. The molecule has 2 unspecified atom stereocenters. The standard InChI is InChI=1S/C20H27F2N5.HI/c1-14(17-4-5-18(21)19(22)9-17)10-24-20(23-2)27-7-6-15(13-27)8-16-11-25-26(3)12-16;/h4-5,9,11-12,14-15H,6-8,10,13H2,1-3H3,(H,23,24);1H. The number of hydrogen-bond donors (Lipinski definition) is 1. The van der Waals surface area contributed by atoms with E-state index >= 15 is 0 Å². The molecule has 3 rings (SSSR count). The van der Waals surface area contributed by atoms with Crippen molar-refractivity contribution in [2.75, 3.05) is 26.7 Å². The second-order valence-electron chi connectivity index (χ2n) is 7.33. The predicted octanol–water partition coefficient (Wildman–Crippen LogP) is 3.56. The molecule has 2 atom stereocenters. The number of halogens is 3. The van der Waals surface area contributed by atoms with Crippen molar-refractivity contribution >= 4 is 29.9 Å². The molecule has 8 heteroatoms. The molecule has 0 bridgehead atoms. The van der Waals surface area contributed by atoms with Crippen molar-refractivity contribution in [3.63, 3.8) is 0 Å². The van der Waals surface area contributed by atoms with Gasteiger partial charge < -0.3 is 10.2 Å². The highest BCUT2D eigenvalue weighted by molar-refractivity contribution is 14.0. The van der Waals surface area contributed by atoms with Crippen molar-refractivity contribution in [2.24, 2.45) is 18.0 Å². The number of likely N-dealkylation sites (tertiary alicyclic amines) is 1. The lowest BCUT2D eigenvalue weighted by atomic mass is 10.0. The fourth-order valence-electron chi connectivity index (χ4n) is 3.62. The Balaban J connectivity index is 0.00000280. The van der Waals surface area contributed by atoms with E-state index in [0.29, 0.717) is 12.5 Å². The van der Waals surface area contributed by atoms with Gasteiger partial charge in [0.1, 0.15) is 0 Å². The number of nitrogens with zero attached hydrogens (tertiary/aromatic N) is 4. The van der Waals surface area contributed by atoms with Gasteiger partial charge in [-0.3, -0.25) is 9.67 Å². The number of aromatic nitrogens is 2. The molecule has 0 saturated carbocycles. The molecule has 1 N–H and O–H groups in total. The van der Waals surface area contributed by atoms with Crippen LogP contribution in [0.4, 0.5) is 8.78 Å². The quantitative estimate of drug-likeness (QED) is 0.386. The summed E-state index contributed by atoms with van der Waals surface area (Å²) in [4.78, 5) is 6.66. The summed E-state index contributed by atoms with van der Waals surface area (Å²) >= 11 is 0. The Kier molecular flexibility index (Phi) is 8.21. The van der Waals surface area contributed by atoms with E-state index in [9.17, 15) is 8.78 Å². The molecule has 1 aromatic heterocycles. The first-order valence-electron chi connectivity index (χ1n) is 9.34. The molecule has 0 spiro atoms. The summed E-state index contributed by atoms with van der Waals surface area (Å²) in [5.74, 6) is -0.131. The molecule has 2 heterocycles. The Morgan fingerprint density at radius 2 is 2.14 bits per heavy atom. The molecule has 154 valence electrons. The van der Waals surface area contributed by atoms with Gasteiger partial charge >= 0.3 is 0 Å². The third-order valence-corrected chi connectivity index (χ3v) is 5.16. The second kappa shape index (κ2) is 10.2. The van der Waals surface area contributed by atoms with Gasteiger partial charge in [0.15, 0.2) is 17.6 Å². The summed E-state index contributed by atoms with van der Waals surface area (Å²) in [5, 5.41) is 7.61. The van der Waals surface area contributed by atoms with E-state index in [-0.39, 0.29) is 29.9 Å². The normalized spacial score (nSPS) is 18.1. The van der Waals surface area contributed by atoms with Gasteiger partial charge in [0.25, 0.3) is 0 Å². The highest BCUT2D eigenvalue weighted by atomic mass is 127. The molecule has 0 aliphatic carbocycles. The Hall–Kier alpha value is -1.71. The third-order valence-electron chi connectivity index (χ3n) is 5.16.